The number of hydrogen-bond donors (Lipinski definition) is 0. The molecule has 19 heavy (non-hydrogen) atoms. The average molecular weight is 260 g/mol. The minimum Gasteiger partial charge on any atom is -0.493 e. The van der Waals surface area contributed by atoms with E-state index < -0.39 is 5.41 Å². The van der Waals surface area contributed by atoms with Gasteiger partial charge >= 0.3 is 0 Å². The lowest BCUT2D eigenvalue weighted by molar-refractivity contribution is 0.221. The van der Waals surface area contributed by atoms with E-state index in [2.05, 4.69) is 18.0 Å². The van der Waals surface area contributed by atoms with Crippen LogP contribution < -0.4 is 9.47 Å². The number of hydrogen-bond acceptors (Lipinski definition) is 4. The topological polar surface area (TPSA) is 45.5 Å². The summed E-state index contributed by atoms with van der Waals surface area (Å²) in [6.45, 7) is 1.89. The molecule has 1 aliphatic heterocycles. The number of benzene rings is 1. The van der Waals surface area contributed by atoms with Crippen LogP contribution >= 0.6 is 0 Å². The van der Waals surface area contributed by atoms with Crippen LogP contribution in [0.15, 0.2) is 18.2 Å². The molecular weight excluding hydrogens is 240 g/mol. The molecule has 0 N–H and O–H groups in total. The SMILES string of the molecule is COc1ccc(C2(C#N)CCN(C)CC2)cc1OC. The number of methoxy groups -OCH3 is 2. The van der Waals surface area contributed by atoms with Crippen molar-refractivity contribution in [3.8, 4) is 17.6 Å². The highest BCUT2D eigenvalue weighted by atomic mass is 16.5. The minimum absolute atomic E-state index is 0.397. The number of piperidine rings is 1. The van der Waals surface area contributed by atoms with Crippen molar-refractivity contribution in [3.05, 3.63) is 23.8 Å². The highest BCUT2D eigenvalue weighted by molar-refractivity contribution is 5.47. The van der Waals surface area contributed by atoms with E-state index in [-0.39, 0.29) is 0 Å². The highest BCUT2D eigenvalue weighted by Crippen LogP contribution is 2.38. The lowest BCUT2D eigenvalue weighted by Crippen LogP contribution is -2.39. The van der Waals surface area contributed by atoms with Gasteiger partial charge in [0.1, 0.15) is 0 Å². The molecule has 0 saturated carbocycles. The van der Waals surface area contributed by atoms with E-state index in [1.54, 1.807) is 14.2 Å². The quantitative estimate of drug-likeness (QED) is 0.835. The van der Waals surface area contributed by atoms with Crippen LogP contribution in [-0.4, -0.2) is 39.3 Å². The molecule has 0 aromatic heterocycles. The van der Waals surface area contributed by atoms with Crippen molar-refractivity contribution in [2.75, 3.05) is 34.4 Å². The molecule has 0 aliphatic carbocycles. The Kier molecular flexibility index (Phi) is 3.96. The van der Waals surface area contributed by atoms with Crippen molar-refractivity contribution in [1.29, 1.82) is 5.26 Å². The van der Waals surface area contributed by atoms with Crippen LogP contribution in [0.2, 0.25) is 0 Å². The molecule has 0 bridgehead atoms. The standard InChI is InChI=1S/C15H20N2O2/c1-17-8-6-15(11-16,7-9-17)12-4-5-13(18-2)14(10-12)19-3/h4-5,10H,6-9H2,1-3H3. The number of nitrogens with zero attached hydrogens (tertiary/aromatic N) is 2. The summed E-state index contributed by atoms with van der Waals surface area (Å²) in [4.78, 5) is 2.26. The zero-order valence-corrected chi connectivity index (χ0v) is 11.8. The monoisotopic (exact) mass is 260 g/mol. The van der Waals surface area contributed by atoms with E-state index in [4.69, 9.17) is 9.47 Å². The molecule has 0 atom stereocenters. The minimum atomic E-state index is -0.397. The van der Waals surface area contributed by atoms with Gasteiger partial charge in [-0.15, -0.1) is 0 Å². The zero-order valence-electron chi connectivity index (χ0n) is 11.8. The average Bonchev–Trinajstić information content (AvgIpc) is 2.47. The van der Waals surface area contributed by atoms with Gasteiger partial charge in [-0.3, -0.25) is 0 Å². The van der Waals surface area contributed by atoms with Crippen molar-refractivity contribution < 1.29 is 9.47 Å². The molecule has 1 aromatic carbocycles. The zero-order chi connectivity index (χ0) is 13.9. The number of rotatable bonds is 3. The smallest absolute Gasteiger partial charge is 0.161 e. The normalized spacial score (nSPS) is 18.6. The molecule has 2 rings (SSSR count). The van der Waals surface area contributed by atoms with Crippen LogP contribution in [0.1, 0.15) is 18.4 Å². The molecule has 0 spiro atoms. The van der Waals surface area contributed by atoms with Crippen molar-refractivity contribution in [2.24, 2.45) is 0 Å². The molecule has 0 radical (unpaired) electrons. The second-order valence-electron chi connectivity index (χ2n) is 5.07. The molecule has 4 heteroatoms. The first-order valence-electron chi connectivity index (χ1n) is 6.47. The molecule has 1 fully saturated rings. The third kappa shape index (κ3) is 2.52. The third-order valence-electron chi connectivity index (χ3n) is 3.99. The van der Waals surface area contributed by atoms with Crippen LogP contribution in [-0.2, 0) is 5.41 Å². The van der Waals surface area contributed by atoms with Crippen molar-refractivity contribution in [2.45, 2.75) is 18.3 Å². The Morgan fingerprint density at radius 1 is 1.16 bits per heavy atom. The van der Waals surface area contributed by atoms with Crippen LogP contribution in [0.5, 0.6) is 11.5 Å². The van der Waals surface area contributed by atoms with Gasteiger partial charge in [0.15, 0.2) is 11.5 Å². The summed E-state index contributed by atoms with van der Waals surface area (Å²) in [5.74, 6) is 1.39. The fourth-order valence-electron chi connectivity index (χ4n) is 2.60. The summed E-state index contributed by atoms with van der Waals surface area (Å²) in [5, 5.41) is 9.63. The van der Waals surface area contributed by atoms with Gasteiger partial charge in [0, 0.05) is 0 Å². The van der Waals surface area contributed by atoms with E-state index in [1.807, 2.05) is 18.2 Å². The number of ether oxygens (including phenoxy) is 2. The summed E-state index contributed by atoms with van der Waals surface area (Å²) in [6.07, 6.45) is 1.71. The molecule has 0 unspecified atom stereocenters. The van der Waals surface area contributed by atoms with Gasteiger partial charge in [0.05, 0.1) is 25.7 Å². The molecule has 1 aromatic rings. The van der Waals surface area contributed by atoms with E-state index in [9.17, 15) is 5.26 Å². The van der Waals surface area contributed by atoms with Crippen LogP contribution in [0.3, 0.4) is 0 Å². The van der Waals surface area contributed by atoms with Gasteiger partial charge in [-0.1, -0.05) is 6.07 Å². The highest BCUT2D eigenvalue weighted by Gasteiger charge is 2.36. The Labute approximate surface area is 114 Å². The Bertz CT molecular complexity index is 485. The first kappa shape index (κ1) is 13.7. The number of likely N-dealkylation sites (tertiary alicyclic amines) is 1. The van der Waals surface area contributed by atoms with E-state index in [0.717, 1.165) is 31.5 Å². The van der Waals surface area contributed by atoms with Crippen LogP contribution in [0.4, 0.5) is 0 Å². The van der Waals surface area contributed by atoms with Crippen molar-refractivity contribution in [1.82, 2.24) is 4.90 Å². The second kappa shape index (κ2) is 5.50. The molecule has 1 heterocycles. The summed E-state index contributed by atoms with van der Waals surface area (Å²) in [5.41, 5.74) is 0.632. The van der Waals surface area contributed by atoms with Crippen molar-refractivity contribution >= 4 is 0 Å². The second-order valence-corrected chi connectivity index (χ2v) is 5.07. The Morgan fingerprint density at radius 2 is 1.79 bits per heavy atom. The first-order valence-corrected chi connectivity index (χ1v) is 6.47. The lowest BCUT2D eigenvalue weighted by atomic mass is 9.74. The summed E-state index contributed by atoms with van der Waals surface area (Å²) in [7, 11) is 5.33. The van der Waals surface area contributed by atoms with Gasteiger partial charge < -0.3 is 14.4 Å². The molecule has 0 amide bonds. The number of nitriles is 1. The maximum absolute atomic E-state index is 9.63. The van der Waals surface area contributed by atoms with Gasteiger partial charge in [-0.25, -0.2) is 0 Å². The van der Waals surface area contributed by atoms with Gasteiger partial charge in [0.25, 0.3) is 0 Å². The van der Waals surface area contributed by atoms with Gasteiger partial charge in [0.2, 0.25) is 0 Å². The third-order valence-corrected chi connectivity index (χ3v) is 3.99. The summed E-state index contributed by atoms with van der Waals surface area (Å²) < 4.78 is 10.6. The Hall–Kier alpha value is -1.73. The largest absolute Gasteiger partial charge is 0.493 e. The first-order chi connectivity index (χ1) is 9.15. The predicted octanol–water partition coefficient (Wildman–Crippen LogP) is 2.19. The van der Waals surface area contributed by atoms with Crippen molar-refractivity contribution in [3.63, 3.8) is 0 Å². The van der Waals surface area contributed by atoms with E-state index >= 15 is 0 Å². The fourth-order valence-corrected chi connectivity index (χ4v) is 2.60. The molecule has 4 nitrogen and oxygen atoms in total. The maximum atomic E-state index is 9.63. The molecular formula is C15H20N2O2. The lowest BCUT2D eigenvalue weighted by Gasteiger charge is -2.36. The Balaban J connectivity index is 2.37. The van der Waals surface area contributed by atoms with E-state index in [0.29, 0.717) is 11.5 Å². The fraction of sp³-hybridized carbons (Fsp3) is 0.533. The predicted molar refractivity (Wildman–Crippen MR) is 73.6 cm³/mol. The van der Waals surface area contributed by atoms with Crippen LogP contribution in [0.25, 0.3) is 0 Å². The summed E-state index contributed by atoms with van der Waals surface area (Å²) in [6, 6.07) is 8.32. The molecule has 1 aliphatic rings. The van der Waals surface area contributed by atoms with Crippen LogP contribution in [0, 0.1) is 11.3 Å². The summed E-state index contributed by atoms with van der Waals surface area (Å²) >= 11 is 0. The van der Waals surface area contributed by atoms with Gasteiger partial charge in [-0.2, -0.15) is 5.26 Å². The van der Waals surface area contributed by atoms with Gasteiger partial charge in [-0.05, 0) is 50.7 Å². The molecule has 1 saturated heterocycles. The molecule has 102 valence electrons. The van der Waals surface area contributed by atoms with E-state index in [1.165, 1.54) is 0 Å². The Morgan fingerprint density at radius 3 is 2.32 bits per heavy atom. The maximum Gasteiger partial charge on any atom is 0.161 e.